The number of carbonyl (C=O) groups excluding carboxylic acids is 2. The Morgan fingerprint density at radius 1 is 1.00 bits per heavy atom. The lowest BCUT2D eigenvalue weighted by atomic mass is 10.2. The second-order valence-electron chi connectivity index (χ2n) is 6.46. The Morgan fingerprint density at radius 2 is 1.59 bits per heavy atom. The molecule has 8 heteroatoms. The smallest absolute Gasteiger partial charge is 0.326 e. The SMILES string of the molecule is Cc1cc(Cl)ccc1NC(=O)C1CC1C(=O)Nc1ccc(C(F)(F)F)cc1. The Labute approximate surface area is 158 Å². The molecule has 2 aromatic carbocycles. The molecular formula is C19H16ClF3N2O2. The van der Waals surface area contributed by atoms with Crippen molar-refractivity contribution in [3.63, 3.8) is 0 Å². The van der Waals surface area contributed by atoms with Crippen molar-refractivity contribution in [2.24, 2.45) is 11.8 Å². The number of anilines is 2. The van der Waals surface area contributed by atoms with Gasteiger partial charge in [0.1, 0.15) is 0 Å². The molecule has 1 saturated carbocycles. The highest BCUT2D eigenvalue weighted by Gasteiger charge is 2.48. The maximum atomic E-state index is 12.6. The number of aryl methyl sites for hydroxylation is 1. The number of halogens is 4. The number of nitrogens with one attached hydrogen (secondary N) is 2. The summed E-state index contributed by atoms with van der Waals surface area (Å²) in [6, 6.07) is 9.25. The van der Waals surface area contributed by atoms with Crippen LogP contribution in [0.3, 0.4) is 0 Å². The number of carbonyl (C=O) groups is 2. The summed E-state index contributed by atoms with van der Waals surface area (Å²) >= 11 is 5.88. The predicted molar refractivity (Wildman–Crippen MR) is 96.5 cm³/mol. The Bertz CT molecular complexity index is 882. The van der Waals surface area contributed by atoms with Gasteiger partial charge in [-0.3, -0.25) is 9.59 Å². The van der Waals surface area contributed by atoms with Crippen molar-refractivity contribution < 1.29 is 22.8 Å². The van der Waals surface area contributed by atoms with Crippen molar-refractivity contribution in [3.05, 3.63) is 58.6 Å². The Hall–Kier alpha value is -2.54. The molecule has 142 valence electrons. The van der Waals surface area contributed by atoms with Crippen molar-refractivity contribution in [1.82, 2.24) is 0 Å². The molecule has 27 heavy (non-hydrogen) atoms. The molecule has 2 unspecified atom stereocenters. The normalized spacial score (nSPS) is 18.7. The van der Waals surface area contributed by atoms with E-state index in [1.165, 1.54) is 12.1 Å². The molecule has 0 radical (unpaired) electrons. The maximum absolute atomic E-state index is 12.6. The minimum Gasteiger partial charge on any atom is -0.326 e. The summed E-state index contributed by atoms with van der Waals surface area (Å²) in [5.41, 5.74) is 0.899. The minimum absolute atomic E-state index is 0.257. The van der Waals surface area contributed by atoms with E-state index in [1.54, 1.807) is 18.2 Å². The summed E-state index contributed by atoms with van der Waals surface area (Å²) in [7, 11) is 0. The van der Waals surface area contributed by atoms with Crippen LogP contribution in [0.5, 0.6) is 0 Å². The molecule has 3 rings (SSSR count). The van der Waals surface area contributed by atoms with Crippen molar-refractivity contribution >= 4 is 34.8 Å². The fraction of sp³-hybridized carbons (Fsp3) is 0.263. The molecule has 0 aliphatic heterocycles. The first-order chi connectivity index (χ1) is 12.6. The van der Waals surface area contributed by atoms with E-state index in [-0.39, 0.29) is 17.5 Å². The number of amides is 2. The van der Waals surface area contributed by atoms with Crippen LogP contribution >= 0.6 is 11.6 Å². The maximum Gasteiger partial charge on any atom is 0.416 e. The number of rotatable bonds is 4. The third-order valence-electron chi connectivity index (χ3n) is 4.39. The third kappa shape index (κ3) is 4.60. The van der Waals surface area contributed by atoms with E-state index >= 15 is 0 Å². The van der Waals surface area contributed by atoms with Gasteiger partial charge >= 0.3 is 6.18 Å². The van der Waals surface area contributed by atoms with Crippen LogP contribution < -0.4 is 10.6 Å². The van der Waals surface area contributed by atoms with Crippen molar-refractivity contribution in [2.45, 2.75) is 19.5 Å². The molecule has 2 aromatic rings. The second-order valence-corrected chi connectivity index (χ2v) is 6.90. The van der Waals surface area contributed by atoms with Gasteiger partial charge in [-0.2, -0.15) is 13.2 Å². The number of hydrogen-bond donors (Lipinski definition) is 2. The molecule has 1 fully saturated rings. The molecule has 0 bridgehead atoms. The summed E-state index contributed by atoms with van der Waals surface area (Å²) < 4.78 is 37.7. The van der Waals surface area contributed by atoms with Crippen LogP contribution in [-0.2, 0) is 15.8 Å². The van der Waals surface area contributed by atoms with Gasteiger partial charge in [-0.25, -0.2) is 0 Å². The largest absolute Gasteiger partial charge is 0.416 e. The topological polar surface area (TPSA) is 58.2 Å². The molecule has 2 atom stereocenters. The average molecular weight is 397 g/mol. The summed E-state index contributed by atoms with van der Waals surface area (Å²) in [6.45, 7) is 1.81. The average Bonchev–Trinajstić information content (AvgIpc) is 3.38. The van der Waals surface area contributed by atoms with Crippen LogP contribution in [0.1, 0.15) is 17.5 Å². The molecule has 0 heterocycles. The Balaban J connectivity index is 1.56. The lowest BCUT2D eigenvalue weighted by Crippen LogP contribution is -2.21. The highest BCUT2D eigenvalue weighted by Crippen LogP contribution is 2.40. The first-order valence-electron chi connectivity index (χ1n) is 8.20. The molecule has 0 saturated heterocycles. The van der Waals surface area contributed by atoms with E-state index < -0.39 is 23.6 Å². The van der Waals surface area contributed by atoms with E-state index in [4.69, 9.17) is 11.6 Å². The van der Waals surface area contributed by atoms with Crippen molar-refractivity contribution in [3.8, 4) is 0 Å². The lowest BCUT2D eigenvalue weighted by Gasteiger charge is -2.10. The first kappa shape index (κ1) is 19.2. The van der Waals surface area contributed by atoms with Crippen molar-refractivity contribution in [2.75, 3.05) is 10.6 Å². The van der Waals surface area contributed by atoms with Crippen LogP contribution in [0.15, 0.2) is 42.5 Å². The van der Waals surface area contributed by atoms with Gasteiger partial charge < -0.3 is 10.6 Å². The molecule has 2 amide bonds. The molecular weight excluding hydrogens is 381 g/mol. The van der Waals surface area contributed by atoms with Crippen LogP contribution in [0.25, 0.3) is 0 Å². The van der Waals surface area contributed by atoms with Gasteiger partial charge in [-0.15, -0.1) is 0 Å². The summed E-state index contributed by atoms with van der Waals surface area (Å²) in [5.74, 6) is -1.62. The lowest BCUT2D eigenvalue weighted by molar-refractivity contribution is -0.137. The fourth-order valence-electron chi connectivity index (χ4n) is 2.74. The van der Waals surface area contributed by atoms with E-state index in [9.17, 15) is 22.8 Å². The summed E-state index contributed by atoms with van der Waals surface area (Å²) in [5, 5.41) is 5.88. The zero-order chi connectivity index (χ0) is 19.8. The highest BCUT2D eigenvalue weighted by atomic mass is 35.5. The quantitative estimate of drug-likeness (QED) is 0.773. The number of hydrogen-bond acceptors (Lipinski definition) is 2. The van der Waals surface area contributed by atoms with Gasteiger partial charge in [0.2, 0.25) is 11.8 Å². The van der Waals surface area contributed by atoms with E-state index in [1.807, 2.05) is 6.92 Å². The zero-order valence-corrected chi connectivity index (χ0v) is 15.0. The molecule has 0 aromatic heterocycles. The van der Waals surface area contributed by atoms with Crippen LogP contribution in [0.4, 0.5) is 24.5 Å². The minimum atomic E-state index is -4.43. The number of alkyl halides is 3. The van der Waals surface area contributed by atoms with E-state index in [0.717, 1.165) is 17.7 Å². The molecule has 1 aliphatic rings. The first-order valence-corrected chi connectivity index (χ1v) is 8.58. The van der Waals surface area contributed by atoms with Gasteiger partial charge in [0.05, 0.1) is 17.4 Å². The van der Waals surface area contributed by atoms with Gasteiger partial charge in [-0.1, -0.05) is 11.6 Å². The number of benzene rings is 2. The predicted octanol–water partition coefficient (Wildman–Crippen LogP) is 4.88. The van der Waals surface area contributed by atoms with Gasteiger partial charge in [0, 0.05) is 16.4 Å². The third-order valence-corrected chi connectivity index (χ3v) is 4.63. The Kier molecular flexibility index (Phi) is 5.15. The Morgan fingerprint density at radius 3 is 2.15 bits per heavy atom. The van der Waals surface area contributed by atoms with E-state index in [2.05, 4.69) is 10.6 Å². The van der Waals surface area contributed by atoms with E-state index in [0.29, 0.717) is 17.1 Å². The molecule has 1 aliphatic carbocycles. The second kappa shape index (κ2) is 7.23. The van der Waals surface area contributed by atoms with Crippen LogP contribution in [0.2, 0.25) is 5.02 Å². The standard InChI is InChI=1S/C19H16ClF3N2O2/c1-10-8-12(20)4-7-16(10)25-18(27)15-9-14(15)17(26)24-13-5-2-11(3-6-13)19(21,22)23/h2-8,14-15H,9H2,1H3,(H,24,26)(H,25,27). The van der Waals surface area contributed by atoms with Gasteiger partial charge in [0.25, 0.3) is 0 Å². The fourth-order valence-corrected chi connectivity index (χ4v) is 2.97. The van der Waals surface area contributed by atoms with Gasteiger partial charge in [0.15, 0.2) is 0 Å². The van der Waals surface area contributed by atoms with Crippen molar-refractivity contribution in [1.29, 1.82) is 0 Å². The molecule has 4 nitrogen and oxygen atoms in total. The van der Waals surface area contributed by atoms with Crippen LogP contribution in [0, 0.1) is 18.8 Å². The monoisotopic (exact) mass is 396 g/mol. The zero-order valence-electron chi connectivity index (χ0n) is 14.2. The summed E-state index contributed by atoms with van der Waals surface area (Å²) in [6.07, 6.45) is -4.03. The molecule has 2 N–H and O–H groups in total. The molecule has 0 spiro atoms. The highest BCUT2D eigenvalue weighted by molar-refractivity contribution is 6.30. The van der Waals surface area contributed by atoms with Gasteiger partial charge in [-0.05, 0) is 61.4 Å². The van der Waals surface area contributed by atoms with Crippen LogP contribution in [-0.4, -0.2) is 11.8 Å². The summed E-state index contributed by atoms with van der Waals surface area (Å²) in [4.78, 5) is 24.5.